The van der Waals surface area contributed by atoms with E-state index in [0.29, 0.717) is 11.3 Å². The van der Waals surface area contributed by atoms with Crippen molar-refractivity contribution in [2.45, 2.75) is 19.8 Å². The maximum absolute atomic E-state index is 13.1. The summed E-state index contributed by atoms with van der Waals surface area (Å²) in [5.41, 5.74) is 4.03. The van der Waals surface area contributed by atoms with E-state index in [-0.39, 0.29) is 11.5 Å². The summed E-state index contributed by atoms with van der Waals surface area (Å²) >= 11 is 1.54. The molecule has 0 aliphatic carbocycles. The number of carbonyl (C=O) groups excluding carboxylic acids is 1. The molecule has 4 rings (SSSR count). The molecule has 1 N–H and O–H groups in total. The van der Waals surface area contributed by atoms with Crippen LogP contribution in [0.2, 0.25) is 0 Å². The van der Waals surface area contributed by atoms with Crippen molar-refractivity contribution in [1.29, 1.82) is 0 Å². The van der Waals surface area contributed by atoms with E-state index in [1.165, 1.54) is 6.33 Å². The SMILES string of the molecule is Cc1ccc(O)c(C(=O)C(C)c2ncnc3scc(-c4ccccc4)c23)c1. The largest absolute Gasteiger partial charge is 0.507 e. The van der Waals surface area contributed by atoms with E-state index < -0.39 is 5.92 Å². The first-order valence-corrected chi connectivity index (χ1v) is 9.55. The maximum Gasteiger partial charge on any atom is 0.175 e. The van der Waals surface area contributed by atoms with Gasteiger partial charge in [0.05, 0.1) is 17.2 Å². The highest BCUT2D eigenvalue weighted by Crippen LogP contribution is 2.38. The van der Waals surface area contributed by atoms with Crippen LogP contribution in [0.15, 0.2) is 60.2 Å². The second-order valence-corrected chi connectivity index (χ2v) is 7.42. The van der Waals surface area contributed by atoms with Gasteiger partial charge in [-0.25, -0.2) is 9.97 Å². The lowest BCUT2D eigenvalue weighted by molar-refractivity contribution is 0.0962. The maximum atomic E-state index is 13.1. The van der Waals surface area contributed by atoms with Crippen LogP contribution in [-0.4, -0.2) is 20.9 Å². The molecule has 0 aliphatic rings. The van der Waals surface area contributed by atoms with Gasteiger partial charge < -0.3 is 5.11 Å². The number of aryl methyl sites for hydroxylation is 1. The molecule has 4 aromatic rings. The lowest BCUT2D eigenvalue weighted by atomic mass is 9.91. The van der Waals surface area contributed by atoms with Crippen LogP contribution >= 0.6 is 11.3 Å². The molecule has 0 radical (unpaired) electrons. The molecule has 2 aromatic carbocycles. The Labute approximate surface area is 161 Å². The van der Waals surface area contributed by atoms with Crippen molar-refractivity contribution in [3.8, 4) is 16.9 Å². The smallest absolute Gasteiger partial charge is 0.175 e. The molecule has 0 spiro atoms. The summed E-state index contributed by atoms with van der Waals surface area (Å²) < 4.78 is 0. The van der Waals surface area contributed by atoms with Crippen LogP contribution in [-0.2, 0) is 0 Å². The summed E-state index contributed by atoms with van der Waals surface area (Å²) in [6, 6.07) is 15.1. The third-order valence-electron chi connectivity index (χ3n) is 4.71. The first kappa shape index (κ1) is 17.4. The molecule has 0 fully saturated rings. The molecule has 0 saturated heterocycles. The quantitative estimate of drug-likeness (QED) is 0.489. The molecule has 0 bridgehead atoms. The molecule has 4 nitrogen and oxygen atoms in total. The molecule has 0 amide bonds. The zero-order valence-electron chi connectivity index (χ0n) is 15.0. The molecule has 2 aromatic heterocycles. The lowest BCUT2D eigenvalue weighted by Crippen LogP contribution is -2.12. The number of fused-ring (bicyclic) bond motifs is 1. The Morgan fingerprint density at radius 3 is 2.67 bits per heavy atom. The topological polar surface area (TPSA) is 63.1 Å². The van der Waals surface area contributed by atoms with Crippen molar-refractivity contribution >= 4 is 27.3 Å². The minimum absolute atomic E-state index is 0.00338. The van der Waals surface area contributed by atoms with Gasteiger partial charge in [-0.05, 0) is 31.5 Å². The zero-order valence-corrected chi connectivity index (χ0v) is 15.8. The fraction of sp³-hybridized carbons (Fsp3) is 0.136. The van der Waals surface area contributed by atoms with Gasteiger partial charge in [-0.3, -0.25) is 4.79 Å². The Hall–Kier alpha value is -3.05. The van der Waals surface area contributed by atoms with E-state index >= 15 is 0 Å². The van der Waals surface area contributed by atoms with Crippen molar-refractivity contribution in [1.82, 2.24) is 9.97 Å². The highest BCUT2D eigenvalue weighted by molar-refractivity contribution is 7.17. The fourth-order valence-corrected chi connectivity index (χ4v) is 4.19. The third kappa shape index (κ3) is 3.11. The van der Waals surface area contributed by atoms with Crippen molar-refractivity contribution in [2.75, 3.05) is 0 Å². The van der Waals surface area contributed by atoms with Crippen LogP contribution in [0.4, 0.5) is 0 Å². The highest BCUT2D eigenvalue weighted by atomic mass is 32.1. The van der Waals surface area contributed by atoms with E-state index in [2.05, 4.69) is 15.3 Å². The number of nitrogens with zero attached hydrogens (tertiary/aromatic N) is 2. The van der Waals surface area contributed by atoms with E-state index in [1.807, 2.05) is 44.2 Å². The molecule has 1 atom stereocenters. The van der Waals surface area contributed by atoms with Gasteiger partial charge >= 0.3 is 0 Å². The minimum atomic E-state index is -0.500. The predicted octanol–water partition coefficient (Wildman–Crippen LogP) is 5.36. The number of ketones is 1. The van der Waals surface area contributed by atoms with Crippen molar-refractivity contribution in [3.63, 3.8) is 0 Å². The molecular weight excluding hydrogens is 356 g/mol. The average Bonchev–Trinajstić information content (AvgIpc) is 3.13. The molecule has 1 unspecified atom stereocenters. The summed E-state index contributed by atoms with van der Waals surface area (Å²) in [5, 5.41) is 13.1. The molecule has 0 saturated carbocycles. The number of rotatable bonds is 4. The first-order valence-electron chi connectivity index (χ1n) is 8.67. The van der Waals surface area contributed by atoms with Crippen LogP contribution in [0.1, 0.15) is 34.5 Å². The van der Waals surface area contributed by atoms with E-state index in [4.69, 9.17) is 0 Å². The average molecular weight is 374 g/mol. The van der Waals surface area contributed by atoms with Crippen LogP contribution in [0, 0.1) is 6.92 Å². The predicted molar refractivity (Wildman–Crippen MR) is 108 cm³/mol. The van der Waals surface area contributed by atoms with Gasteiger partial charge in [0.2, 0.25) is 0 Å². The Morgan fingerprint density at radius 2 is 1.89 bits per heavy atom. The number of hydrogen-bond donors (Lipinski definition) is 1. The van der Waals surface area contributed by atoms with Gasteiger partial charge in [-0.2, -0.15) is 0 Å². The molecule has 5 heteroatoms. The van der Waals surface area contributed by atoms with Crippen molar-refractivity contribution < 1.29 is 9.90 Å². The number of Topliss-reactive ketones (excluding diaryl/α,β-unsaturated/α-hetero) is 1. The van der Waals surface area contributed by atoms with Gasteiger partial charge in [-0.1, -0.05) is 42.0 Å². The monoisotopic (exact) mass is 374 g/mol. The van der Waals surface area contributed by atoms with Crippen molar-refractivity contribution in [2.24, 2.45) is 0 Å². The summed E-state index contributed by atoms with van der Waals surface area (Å²) in [7, 11) is 0. The standard InChI is InChI=1S/C22H18N2O2S/c1-13-8-9-18(25)16(10-13)21(26)14(2)20-19-17(15-6-4-3-5-7-15)11-27-22(19)24-12-23-20/h3-12,14,25H,1-2H3. The van der Waals surface area contributed by atoms with Crippen LogP contribution < -0.4 is 0 Å². The lowest BCUT2D eigenvalue weighted by Gasteiger charge is -2.14. The Morgan fingerprint density at radius 1 is 1.11 bits per heavy atom. The molecule has 0 aliphatic heterocycles. The summed E-state index contributed by atoms with van der Waals surface area (Å²) in [4.78, 5) is 22.8. The van der Waals surface area contributed by atoms with Crippen LogP contribution in [0.25, 0.3) is 21.3 Å². The third-order valence-corrected chi connectivity index (χ3v) is 5.59. The van der Waals surface area contributed by atoms with Gasteiger partial charge in [0, 0.05) is 16.3 Å². The Kier molecular flexibility index (Phi) is 4.46. The normalized spacial score (nSPS) is 12.2. The summed E-state index contributed by atoms with van der Waals surface area (Å²) in [6.07, 6.45) is 1.50. The number of aromatic nitrogens is 2. The fourth-order valence-electron chi connectivity index (χ4n) is 3.26. The van der Waals surface area contributed by atoms with Gasteiger partial charge in [0.15, 0.2) is 5.78 Å². The van der Waals surface area contributed by atoms with Gasteiger partial charge in [0.25, 0.3) is 0 Å². The second kappa shape index (κ2) is 6.93. The summed E-state index contributed by atoms with van der Waals surface area (Å²) in [5.74, 6) is -0.655. The number of thiophene rings is 1. The first-order chi connectivity index (χ1) is 13.1. The van der Waals surface area contributed by atoms with Crippen LogP contribution in [0.3, 0.4) is 0 Å². The van der Waals surface area contributed by atoms with Crippen molar-refractivity contribution in [3.05, 3.63) is 77.1 Å². The Balaban J connectivity index is 1.85. The number of hydrogen-bond acceptors (Lipinski definition) is 5. The van der Waals surface area contributed by atoms with E-state index in [0.717, 1.165) is 26.9 Å². The molecular formula is C22H18N2O2S. The minimum Gasteiger partial charge on any atom is -0.507 e. The molecule has 2 heterocycles. The van der Waals surface area contributed by atoms with Gasteiger partial charge in [-0.15, -0.1) is 11.3 Å². The zero-order chi connectivity index (χ0) is 19.0. The molecule has 134 valence electrons. The summed E-state index contributed by atoms with van der Waals surface area (Å²) in [6.45, 7) is 3.73. The van der Waals surface area contributed by atoms with E-state index in [1.54, 1.807) is 29.5 Å². The second-order valence-electron chi connectivity index (χ2n) is 6.56. The number of phenolic OH excluding ortho intramolecular Hbond substituents is 1. The Bertz CT molecular complexity index is 1140. The number of aromatic hydroxyl groups is 1. The van der Waals surface area contributed by atoms with E-state index in [9.17, 15) is 9.90 Å². The highest BCUT2D eigenvalue weighted by Gasteiger charge is 2.25. The molecule has 27 heavy (non-hydrogen) atoms. The number of carbonyl (C=O) groups is 1. The van der Waals surface area contributed by atoms with Crippen LogP contribution in [0.5, 0.6) is 5.75 Å². The van der Waals surface area contributed by atoms with Gasteiger partial charge in [0.1, 0.15) is 16.9 Å². The number of benzene rings is 2. The number of phenols is 1.